The first-order valence-electron chi connectivity index (χ1n) is 8.52. The summed E-state index contributed by atoms with van der Waals surface area (Å²) in [6, 6.07) is 10.8. The number of rotatable bonds is 5. The molecule has 0 aliphatic carbocycles. The molecule has 0 spiro atoms. The van der Waals surface area contributed by atoms with Crippen molar-refractivity contribution < 1.29 is 13.2 Å². The Morgan fingerprint density at radius 3 is 2.56 bits per heavy atom. The fourth-order valence-electron chi connectivity index (χ4n) is 3.28. The van der Waals surface area contributed by atoms with E-state index in [1.165, 1.54) is 10.4 Å². The SMILES string of the molecule is O=C(CN1CCN(S(=O)(=O)c2ccc(Cl)s2)CC1)c1c[nH]c2ccccc12. The van der Waals surface area contributed by atoms with Crippen LogP contribution in [0.2, 0.25) is 4.34 Å². The third-order valence-corrected chi connectivity index (χ3v) is 8.33. The third-order valence-electron chi connectivity index (χ3n) is 4.73. The van der Waals surface area contributed by atoms with Crippen LogP contribution in [0.5, 0.6) is 0 Å². The zero-order valence-corrected chi connectivity index (χ0v) is 16.8. The van der Waals surface area contributed by atoms with Crippen LogP contribution in [-0.2, 0) is 10.0 Å². The van der Waals surface area contributed by atoms with E-state index in [-0.39, 0.29) is 16.5 Å². The van der Waals surface area contributed by atoms with Gasteiger partial charge in [0, 0.05) is 48.8 Å². The molecular weight excluding hydrogens is 406 g/mol. The highest BCUT2D eigenvalue weighted by Crippen LogP contribution is 2.28. The molecule has 1 N–H and O–H groups in total. The Labute approximate surface area is 166 Å². The number of hydrogen-bond acceptors (Lipinski definition) is 5. The summed E-state index contributed by atoms with van der Waals surface area (Å²) in [5, 5.41) is 0.915. The van der Waals surface area contributed by atoms with Gasteiger partial charge in [0.25, 0.3) is 10.0 Å². The van der Waals surface area contributed by atoms with E-state index in [4.69, 9.17) is 11.6 Å². The Morgan fingerprint density at radius 1 is 1.11 bits per heavy atom. The minimum absolute atomic E-state index is 0.0359. The van der Waals surface area contributed by atoms with E-state index in [2.05, 4.69) is 4.98 Å². The minimum atomic E-state index is -3.51. The van der Waals surface area contributed by atoms with Crippen LogP contribution in [0.3, 0.4) is 0 Å². The van der Waals surface area contributed by atoms with Crippen molar-refractivity contribution in [1.29, 1.82) is 0 Å². The lowest BCUT2D eigenvalue weighted by molar-refractivity contribution is 0.0903. The molecule has 1 aliphatic heterocycles. The molecule has 1 fully saturated rings. The van der Waals surface area contributed by atoms with Crippen molar-refractivity contribution in [3.8, 4) is 0 Å². The number of halogens is 1. The van der Waals surface area contributed by atoms with E-state index in [1.54, 1.807) is 12.3 Å². The molecule has 0 radical (unpaired) electrons. The van der Waals surface area contributed by atoms with Gasteiger partial charge in [0.15, 0.2) is 5.78 Å². The second-order valence-electron chi connectivity index (χ2n) is 6.41. The zero-order valence-electron chi connectivity index (χ0n) is 14.4. The van der Waals surface area contributed by atoms with Crippen molar-refractivity contribution in [2.75, 3.05) is 32.7 Å². The highest BCUT2D eigenvalue weighted by Gasteiger charge is 2.30. The predicted molar refractivity (Wildman–Crippen MR) is 107 cm³/mol. The first kappa shape index (κ1) is 18.6. The molecule has 4 rings (SSSR count). The van der Waals surface area contributed by atoms with Gasteiger partial charge >= 0.3 is 0 Å². The van der Waals surface area contributed by atoms with E-state index in [9.17, 15) is 13.2 Å². The fraction of sp³-hybridized carbons (Fsp3) is 0.278. The molecule has 2 aromatic heterocycles. The van der Waals surface area contributed by atoms with E-state index in [0.29, 0.717) is 36.1 Å². The molecule has 1 saturated heterocycles. The Bertz CT molecular complexity index is 1080. The maximum atomic E-state index is 12.7. The van der Waals surface area contributed by atoms with E-state index in [1.807, 2.05) is 29.2 Å². The van der Waals surface area contributed by atoms with Crippen LogP contribution in [0.25, 0.3) is 10.9 Å². The molecule has 1 aromatic carbocycles. The summed E-state index contributed by atoms with van der Waals surface area (Å²) in [6.07, 6.45) is 1.74. The maximum Gasteiger partial charge on any atom is 0.252 e. The van der Waals surface area contributed by atoms with Crippen LogP contribution in [0, 0.1) is 0 Å². The quantitative estimate of drug-likeness (QED) is 0.640. The molecule has 27 heavy (non-hydrogen) atoms. The average Bonchev–Trinajstić information content (AvgIpc) is 3.29. The van der Waals surface area contributed by atoms with E-state index < -0.39 is 10.0 Å². The van der Waals surface area contributed by atoms with Crippen LogP contribution < -0.4 is 0 Å². The van der Waals surface area contributed by atoms with Gasteiger partial charge in [0.05, 0.1) is 10.9 Å². The van der Waals surface area contributed by atoms with Crippen molar-refractivity contribution >= 4 is 49.6 Å². The Balaban J connectivity index is 1.40. The standard InChI is InChI=1S/C18H18ClN3O3S2/c19-17-5-6-18(26-17)27(24,25)22-9-7-21(8-10-22)12-16(23)14-11-20-15-4-2-1-3-13(14)15/h1-6,11,20H,7-10,12H2. The van der Waals surface area contributed by atoms with Crippen molar-refractivity contribution in [3.63, 3.8) is 0 Å². The number of benzene rings is 1. The molecule has 0 atom stereocenters. The number of piperazine rings is 1. The molecule has 6 nitrogen and oxygen atoms in total. The predicted octanol–water partition coefficient (Wildman–Crippen LogP) is 3.07. The summed E-state index contributed by atoms with van der Waals surface area (Å²) >= 11 is 6.93. The highest BCUT2D eigenvalue weighted by atomic mass is 35.5. The number of ketones is 1. The number of sulfonamides is 1. The summed E-state index contributed by atoms with van der Waals surface area (Å²) in [6.45, 7) is 2.04. The van der Waals surface area contributed by atoms with Crippen LogP contribution in [0.1, 0.15) is 10.4 Å². The molecule has 0 unspecified atom stereocenters. The van der Waals surface area contributed by atoms with Crippen molar-refractivity contribution in [2.24, 2.45) is 0 Å². The summed E-state index contributed by atoms with van der Waals surface area (Å²) in [5.74, 6) is 0.0359. The lowest BCUT2D eigenvalue weighted by atomic mass is 10.1. The van der Waals surface area contributed by atoms with Gasteiger partial charge in [-0.2, -0.15) is 4.31 Å². The number of hydrogen-bond donors (Lipinski definition) is 1. The van der Waals surface area contributed by atoms with Gasteiger partial charge in [0.1, 0.15) is 4.21 Å². The molecule has 0 amide bonds. The van der Waals surface area contributed by atoms with Crippen LogP contribution in [-0.4, -0.2) is 61.1 Å². The number of aromatic nitrogens is 1. The second-order valence-corrected chi connectivity index (χ2v) is 10.3. The number of nitrogens with zero attached hydrogens (tertiary/aromatic N) is 2. The molecule has 3 heterocycles. The van der Waals surface area contributed by atoms with Crippen LogP contribution in [0.15, 0.2) is 46.8 Å². The Kier molecular flexibility index (Phi) is 5.09. The van der Waals surface area contributed by atoms with E-state index >= 15 is 0 Å². The van der Waals surface area contributed by atoms with E-state index in [0.717, 1.165) is 22.2 Å². The van der Waals surface area contributed by atoms with Gasteiger partial charge in [-0.15, -0.1) is 11.3 Å². The summed E-state index contributed by atoms with van der Waals surface area (Å²) < 4.78 is 27.5. The Morgan fingerprint density at radius 2 is 1.85 bits per heavy atom. The summed E-state index contributed by atoms with van der Waals surface area (Å²) in [4.78, 5) is 17.8. The topological polar surface area (TPSA) is 73.5 Å². The fourth-order valence-corrected chi connectivity index (χ4v) is 6.34. The second kappa shape index (κ2) is 7.37. The molecule has 142 valence electrons. The monoisotopic (exact) mass is 423 g/mol. The van der Waals surface area contributed by atoms with Gasteiger partial charge < -0.3 is 4.98 Å². The number of carbonyl (C=O) groups excluding carboxylic acids is 1. The van der Waals surface area contributed by atoms with Gasteiger partial charge in [0.2, 0.25) is 0 Å². The van der Waals surface area contributed by atoms with Crippen LogP contribution >= 0.6 is 22.9 Å². The van der Waals surface area contributed by atoms with Crippen LogP contribution in [0.4, 0.5) is 0 Å². The number of Topliss-reactive ketones (excluding diaryl/α,β-unsaturated/α-hetero) is 1. The number of thiophene rings is 1. The minimum Gasteiger partial charge on any atom is -0.360 e. The number of carbonyl (C=O) groups is 1. The molecule has 0 saturated carbocycles. The molecule has 1 aliphatic rings. The largest absolute Gasteiger partial charge is 0.360 e. The molecule has 9 heteroatoms. The number of H-pyrrole nitrogens is 1. The molecular formula is C18H18ClN3O3S2. The first-order chi connectivity index (χ1) is 12.9. The summed E-state index contributed by atoms with van der Waals surface area (Å²) in [5.41, 5.74) is 1.61. The maximum absolute atomic E-state index is 12.7. The van der Waals surface area contributed by atoms with Gasteiger partial charge in [-0.05, 0) is 18.2 Å². The van der Waals surface area contributed by atoms with Gasteiger partial charge in [-0.3, -0.25) is 9.69 Å². The lowest BCUT2D eigenvalue weighted by Crippen LogP contribution is -2.49. The highest BCUT2D eigenvalue weighted by molar-refractivity contribution is 7.91. The molecule has 3 aromatic rings. The average molecular weight is 424 g/mol. The number of aromatic amines is 1. The lowest BCUT2D eigenvalue weighted by Gasteiger charge is -2.33. The van der Waals surface area contributed by atoms with Crippen molar-refractivity contribution in [1.82, 2.24) is 14.2 Å². The third kappa shape index (κ3) is 3.68. The number of fused-ring (bicyclic) bond motifs is 1. The summed E-state index contributed by atoms with van der Waals surface area (Å²) in [7, 11) is -3.51. The van der Waals surface area contributed by atoms with Gasteiger partial charge in [-0.1, -0.05) is 29.8 Å². The normalized spacial score (nSPS) is 16.8. The van der Waals surface area contributed by atoms with Crippen molar-refractivity contribution in [3.05, 3.63) is 52.5 Å². The first-order valence-corrected chi connectivity index (χ1v) is 11.2. The van der Waals surface area contributed by atoms with Gasteiger partial charge in [-0.25, -0.2) is 8.42 Å². The number of nitrogens with one attached hydrogen (secondary N) is 1. The zero-order chi connectivity index (χ0) is 19.0. The number of para-hydroxylation sites is 1. The Hall–Kier alpha value is -1.71. The van der Waals surface area contributed by atoms with Crippen molar-refractivity contribution in [2.45, 2.75) is 4.21 Å². The smallest absolute Gasteiger partial charge is 0.252 e. The molecule has 0 bridgehead atoms.